The predicted molar refractivity (Wildman–Crippen MR) is 123 cm³/mol. The van der Waals surface area contributed by atoms with Crippen LogP contribution in [0.2, 0.25) is 0 Å². The van der Waals surface area contributed by atoms with Crippen molar-refractivity contribution in [3.63, 3.8) is 0 Å². The number of aromatic nitrogens is 4. The van der Waals surface area contributed by atoms with E-state index in [4.69, 9.17) is 10.3 Å². The van der Waals surface area contributed by atoms with Crippen molar-refractivity contribution in [1.82, 2.24) is 19.1 Å². The quantitative estimate of drug-likeness (QED) is 0.192. The summed E-state index contributed by atoms with van der Waals surface area (Å²) in [6, 6.07) is 19.5. The van der Waals surface area contributed by atoms with E-state index in [1.807, 2.05) is 61.1 Å². The maximum atomic E-state index is 10.7. The third-order valence-electron chi connectivity index (χ3n) is 5.50. The van der Waals surface area contributed by atoms with Crippen molar-refractivity contribution >= 4 is 0 Å². The second-order valence-corrected chi connectivity index (χ2v) is 7.91. The van der Waals surface area contributed by atoms with E-state index >= 15 is 0 Å². The van der Waals surface area contributed by atoms with Gasteiger partial charge in [0.2, 0.25) is 0 Å². The summed E-state index contributed by atoms with van der Waals surface area (Å²) in [5, 5.41) is 14.2. The second kappa shape index (κ2) is 10.1. The summed E-state index contributed by atoms with van der Waals surface area (Å²) in [5.74, 6) is 0. The van der Waals surface area contributed by atoms with E-state index in [0.717, 1.165) is 13.2 Å². The van der Waals surface area contributed by atoms with Crippen molar-refractivity contribution in [1.29, 1.82) is 0 Å². The number of aliphatic hydroxyl groups is 1. The van der Waals surface area contributed by atoms with E-state index in [-0.39, 0.29) is 18.7 Å². The summed E-state index contributed by atoms with van der Waals surface area (Å²) in [6.45, 7) is 1.91. The topological polar surface area (TPSA) is 117 Å². The standard InChI is InChI=1S/C12H13N5O.C12H12N2O/c13-16-15-8-12(18,9-17-7-6-14-10-17)11-4-2-1-3-5-11;1-2-4-11(5-3-1)12(9-15-12)8-14-7-6-13-10-14/h1-7,10,18H,8-9H2;1-7,10H,8-9H2. The molecule has 2 atom stereocenters. The number of hydrogen-bond donors (Lipinski definition) is 1. The Labute approximate surface area is 191 Å². The SMILES string of the molecule is [N-]=[N+]=NCC(O)(Cn1ccnc1)c1ccccc1.c1ccc(C2(Cn3ccnc3)CO2)cc1. The highest BCUT2D eigenvalue weighted by Gasteiger charge is 2.46. The lowest BCUT2D eigenvalue weighted by atomic mass is 9.94. The van der Waals surface area contributed by atoms with Gasteiger partial charge in [0.1, 0.15) is 11.2 Å². The van der Waals surface area contributed by atoms with Crippen molar-refractivity contribution < 1.29 is 9.84 Å². The van der Waals surface area contributed by atoms with Gasteiger partial charge >= 0.3 is 0 Å². The third kappa shape index (κ3) is 5.67. The van der Waals surface area contributed by atoms with Crippen LogP contribution >= 0.6 is 0 Å². The van der Waals surface area contributed by atoms with Crippen LogP contribution in [0.15, 0.2) is 103 Å². The van der Waals surface area contributed by atoms with Gasteiger partial charge in [0.15, 0.2) is 0 Å². The smallest absolute Gasteiger partial charge is 0.134 e. The second-order valence-electron chi connectivity index (χ2n) is 7.91. The Bertz CT molecular complexity index is 1150. The lowest BCUT2D eigenvalue weighted by molar-refractivity contribution is 0.0276. The zero-order valence-electron chi connectivity index (χ0n) is 18.1. The van der Waals surface area contributed by atoms with Gasteiger partial charge in [-0.15, -0.1) is 0 Å². The van der Waals surface area contributed by atoms with Gasteiger partial charge in [0, 0.05) is 29.7 Å². The van der Waals surface area contributed by atoms with Gasteiger partial charge in [-0.1, -0.05) is 65.8 Å². The molecule has 2 unspecified atom stereocenters. The summed E-state index contributed by atoms with van der Waals surface area (Å²) in [5.41, 5.74) is 9.06. The molecule has 0 spiro atoms. The Kier molecular flexibility index (Phi) is 6.85. The molecule has 2 aromatic carbocycles. The minimum Gasteiger partial charge on any atom is -0.383 e. The van der Waals surface area contributed by atoms with E-state index in [2.05, 4.69) is 36.7 Å². The van der Waals surface area contributed by atoms with E-state index in [9.17, 15) is 5.11 Å². The number of hydrogen-bond acceptors (Lipinski definition) is 5. The predicted octanol–water partition coefficient (Wildman–Crippen LogP) is 3.89. The van der Waals surface area contributed by atoms with Crippen molar-refractivity contribution in [2.75, 3.05) is 13.2 Å². The highest BCUT2D eigenvalue weighted by atomic mass is 16.6. The maximum absolute atomic E-state index is 10.7. The molecule has 3 heterocycles. The zero-order valence-corrected chi connectivity index (χ0v) is 18.1. The van der Waals surface area contributed by atoms with Gasteiger partial charge in [-0.05, 0) is 16.7 Å². The number of benzene rings is 2. The van der Waals surface area contributed by atoms with Crippen molar-refractivity contribution in [3.05, 3.63) is 120 Å². The highest BCUT2D eigenvalue weighted by Crippen LogP contribution is 2.40. The molecule has 0 radical (unpaired) electrons. The molecule has 1 aliphatic rings. The molecule has 0 amide bonds. The van der Waals surface area contributed by atoms with Crippen molar-refractivity contribution in [3.8, 4) is 0 Å². The van der Waals surface area contributed by atoms with Crippen LogP contribution in [0, 0.1) is 0 Å². The van der Waals surface area contributed by atoms with Crippen LogP contribution in [0.4, 0.5) is 0 Å². The first kappa shape index (κ1) is 22.3. The molecule has 0 bridgehead atoms. The monoisotopic (exact) mass is 443 g/mol. The van der Waals surface area contributed by atoms with Crippen LogP contribution in [0.5, 0.6) is 0 Å². The Morgan fingerprint density at radius 1 is 1.00 bits per heavy atom. The van der Waals surface area contributed by atoms with Gasteiger partial charge < -0.3 is 19.0 Å². The van der Waals surface area contributed by atoms with Gasteiger partial charge in [-0.3, -0.25) is 0 Å². The number of epoxide rings is 1. The lowest BCUT2D eigenvalue weighted by Crippen LogP contribution is -2.34. The molecular weight excluding hydrogens is 418 g/mol. The molecule has 0 aliphatic carbocycles. The Morgan fingerprint density at radius 3 is 2.15 bits per heavy atom. The molecule has 9 heteroatoms. The van der Waals surface area contributed by atoms with Crippen molar-refractivity contribution in [2.45, 2.75) is 24.3 Å². The molecule has 1 aliphatic heterocycles. The van der Waals surface area contributed by atoms with Crippen LogP contribution in [0.1, 0.15) is 11.1 Å². The number of ether oxygens (including phenoxy) is 1. The number of azide groups is 1. The van der Waals surface area contributed by atoms with Gasteiger partial charge in [0.05, 0.1) is 38.9 Å². The fourth-order valence-electron chi connectivity index (χ4n) is 3.67. The summed E-state index contributed by atoms with van der Waals surface area (Å²) in [4.78, 5) is 10.7. The first-order valence-electron chi connectivity index (χ1n) is 10.5. The molecule has 1 N–H and O–H groups in total. The van der Waals surface area contributed by atoms with Gasteiger partial charge in [0.25, 0.3) is 0 Å². The first-order valence-corrected chi connectivity index (χ1v) is 10.5. The zero-order chi connectivity index (χ0) is 23.0. The van der Waals surface area contributed by atoms with E-state index in [0.29, 0.717) is 5.56 Å². The summed E-state index contributed by atoms with van der Waals surface area (Å²) in [6.07, 6.45) is 10.6. The summed E-state index contributed by atoms with van der Waals surface area (Å²) >= 11 is 0. The van der Waals surface area contributed by atoms with E-state index in [1.54, 1.807) is 29.5 Å². The fourth-order valence-corrected chi connectivity index (χ4v) is 3.67. The number of rotatable bonds is 8. The Balaban J connectivity index is 0.000000159. The van der Waals surface area contributed by atoms with Crippen LogP contribution in [0.3, 0.4) is 0 Å². The average molecular weight is 444 g/mol. The molecule has 4 aromatic rings. The molecule has 168 valence electrons. The fraction of sp³-hybridized carbons (Fsp3) is 0.250. The van der Waals surface area contributed by atoms with Crippen LogP contribution in [-0.4, -0.2) is 37.4 Å². The Morgan fingerprint density at radius 2 is 1.61 bits per heavy atom. The van der Waals surface area contributed by atoms with Crippen LogP contribution < -0.4 is 0 Å². The first-order chi connectivity index (χ1) is 16.1. The molecule has 2 aromatic heterocycles. The minimum absolute atomic E-state index is 0.0221. The molecule has 9 nitrogen and oxygen atoms in total. The van der Waals surface area contributed by atoms with Gasteiger partial charge in [-0.2, -0.15) is 0 Å². The third-order valence-corrected chi connectivity index (χ3v) is 5.50. The molecule has 5 rings (SSSR count). The molecule has 33 heavy (non-hydrogen) atoms. The van der Waals surface area contributed by atoms with Crippen LogP contribution in [0.25, 0.3) is 10.4 Å². The molecular formula is C24H25N7O2. The van der Waals surface area contributed by atoms with E-state index in [1.165, 1.54) is 5.56 Å². The maximum Gasteiger partial charge on any atom is 0.134 e. The minimum atomic E-state index is -1.23. The normalized spacial score (nSPS) is 18.3. The number of imidazole rings is 2. The highest BCUT2D eigenvalue weighted by molar-refractivity contribution is 5.26. The lowest BCUT2D eigenvalue weighted by Gasteiger charge is -2.27. The Hall–Kier alpha value is -3.91. The molecule has 1 fully saturated rings. The van der Waals surface area contributed by atoms with Gasteiger partial charge in [-0.25, -0.2) is 9.97 Å². The summed E-state index contributed by atoms with van der Waals surface area (Å²) < 4.78 is 9.41. The largest absolute Gasteiger partial charge is 0.383 e. The molecule has 0 saturated carbocycles. The van der Waals surface area contributed by atoms with Crippen molar-refractivity contribution in [2.24, 2.45) is 5.11 Å². The van der Waals surface area contributed by atoms with E-state index < -0.39 is 5.60 Å². The average Bonchev–Trinajstić information content (AvgIpc) is 3.20. The number of nitrogens with zero attached hydrogens (tertiary/aromatic N) is 7. The summed E-state index contributed by atoms with van der Waals surface area (Å²) in [7, 11) is 0. The molecule has 1 saturated heterocycles. The van der Waals surface area contributed by atoms with Crippen LogP contribution in [-0.2, 0) is 29.0 Å².